The van der Waals surface area contributed by atoms with Crippen LogP contribution in [0.3, 0.4) is 0 Å². The largest absolute Gasteiger partial charge is 0.493 e. The van der Waals surface area contributed by atoms with Gasteiger partial charge in [-0.25, -0.2) is 0 Å². The number of carbonyl (C=O) groups excluding carboxylic acids is 1. The molecule has 1 fully saturated rings. The molecular formula is C16H24N2O2. The van der Waals surface area contributed by atoms with Crippen LogP contribution in [-0.2, 0) is 4.79 Å². The molecule has 20 heavy (non-hydrogen) atoms. The highest BCUT2D eigenvalue weighted by Gasteiger charge is 2.22. The second-order valence-electron chi connectivity index (χ2n) is 5.29. The molecular weight excluding hydrogens is 252 g/mol. The summed E-state index contributed by atoms with van der Waals surface area (Å²) in [7, 11) is 0. The minimum absolute atomic E-state index is 0.0877. The van der Waals surface area contributed by atoms with Gasteiger partial charge in [0, 0.05) is 12.1 Å². The number of hydrogen-bond donors (Lipinski definition) is 2. The summed E-state index contributed by atoms with van der Waals surface area (Å²) < 4.78 is 5.66. The minimum Gasteiger partial charge on any atom is -0.493 e. The Hall–Kier alpha value is -1.55. The molecule has 1 amide bonds. The zero-order chi connectivity index (χ0) is 14.4. The van der Waals surface area contributed by atoms with E-state index in [0.29, 0.717) is 25.1 Å². The summed E-state index contributed by atoms with van der Waals surface area (Å²) in [5.41, 5.74) is 1.20. The zero-order valence-corrected chi connectivity index (χ0v) is 12.3. The van der Waals surface area contributed by atoms with Crippen LogP contribution in [0.1, 0.15) is 44.7 Å². The van der Waals surface area contributed by atoms with Crippen molar-refractivity contribution in [2.75, 3.05) is 13.2 Å². The zero-order valence-electron chi connectivity index (χ0n) is 12.3. The van der Waals surface area contributed by atoms with Gasteiger partial charge in [-0.3, -0.25) is 4.79 Å². The molecule has 1 atom stereocenters. The lowest BCUT2D eigenvalue weighted by Gasteiger charge is -2.14. The van der Waals surface area contributed by atoms with E-state index in [4.69, 9.17) is 4.74 Å². The molecule has 110 valence electrons. The molecule has 1 aliphatic rings. The van der Waals surface area contributed by atoms with Gasteiger partial charge in [0.05, 0.1) is 13.0 Å². The van der Waals surface area contributed by atoms with E-state index in [9.17, 15) is 4.79 Å². The van der Waals surface area contributed by atoms with Gasteiger partial charge in [0.15, 0.2) is 0 Å². The quantitative estimate of drug-likeness (QED) is 0.766. The topological polar surface area (TPSA) is 50.4 Å². The van der Waals surface area contributed by atoms with Crippen LogP contribution in [0.2, 0.25) is 0 Å². The third kappa shape index (κ3) is 4.85. The fourth-order valence-corrected chi connectivity index (χ4v) is 2.09. The van der Waals surface area contributed by atoms with Crippen molar-refractivity contribution in [3.8, 4) is 5.75 Å². The van der Waals surface area contributed by atoms with Gasteiger partial charge in [-0.2, -0.15) is 0 Å². The van der Waals surface area contributed by atoms with E-state index in [1.165, 1.54) is 5.56 Å². The average Bonchev–Trinajstić information content (AvgIpc) is 3.23. The molecule has 1 unspecified atom stereocenters. The molecule has 0 bridgehead atoms. The Morgan fingerprint density at radius 3 is 2.95 bits per heavy atom. The molecule has 1 aliphatic carbocycles. The summed E-state index contributed by atoms with van der Waals surface area (Å²) >= 11 is 0. The number of carbonyl (C=O) groups is 1. The van der Waals surface area contributed by atoms with Crippen LogP contribution in [0, 0.1) is 0 Å². The average molecular weight is 276 g/mol. The van der Waals surface area contributed by atoms with E-state index in [2.05, 4.69) is 30.5 Å². The van der Waals surface area contributed by atoms with Crippen LogP contribution in [0.15, 0.2) is 24.3 Å². The van der Waals surface area contributed by atoms with Crippen molar-refractivity contribution < 1.29 is 9.53 Å². The van der Waals surface area contributed by atoms with Gasteiger partial charge >= 0.3 is 0 Å². The Kier molecular flexibility index (Phi) is 5.41. The van der Waals surface area contributed by atoms with Gasteiger partial charge in [-0.15, -0.1) is 0 Å². The lowest BCUT2D eigenvalue weighted by atomic mass is 10.1. The van der Waals surface area contributed by atoms with Crippen LogP contribution in [-0.4, -0.2) is 25.1 Å². The van der Waals surface area contributed by atoms with Crippen molar-refractivity contribution in [2.24, 2.45) is 0 Å². The van der Waals surface area contributed by atoms with Crippen molar-refractivity contribution in [1.82, 2.24) is 10.6 Å². The molecule has 0 spiro atoms. The third-order valence-corrected chi connectivity index (χ3v) is 3.41. The smallest absolute Gasteiger partial charge is 0.223 e. The normalized spacial score (nSPS) is 15.7. The number of amides is 1. The lowest BCUT2D eigenvalue weighted by molar-refractivity contribution is -0.121. The minimum atomic E-state index is 0.0877. The highest BCUT2D eigenvalue weighted by molar-refractivity contribution is 5.76. The molecule has 4 heteroatoms. The molecule has 0 radical (unpaired) electrons. The van der Waals surface area contributed by atoms with Crippen molar-refractivity contribution in [1.29, 1.82) is 0 Å². The molecule has 1 saturated carbocycles. The maximum Gasteiger partial charge on any atom is 0.223 e. The summed E-state index contributed by atoms with van der Waals surface area (Å²) in [6.45, 7) is 5.59. The maximum atomic E-state index is 11.5. The van der Waals surface area contributed by atoms with Gasteiger partial charge in [-0.05, 0) is 44.0 Å². The second-order valence-corrected chi connectivity index (χ2v) is 5.29. The predicted octanol–water partition coefficient (Wildman–Crippen LogP) is 2.40. The Bertz CT molecular complexity index is 444. The van der Waals surface area contributed by atoms with Crippen LogP contribution < -0.4 is 15.4 Å². The number of ether oxygens (including phenoxy) is 1. The summed E-state index contributed by atoms with van der Waals surface area (Å²) in [5, 5.41) is 6.33. The third-order valence-electron chi connectivity index (χ3n) is 3.41. The maximum absolute atomic E-state index is 11.5. The molecule has 0 aliphatic heterocycles. The molecule has 2 rings (SSSR count). The highest BCUT2D eigenvalue weighted by Crippen LogP contribution is 2.20. The predicted molar refractivity (Wildman–Crippen MR) is 79.8 cm³/mol. The first kappa shape index (κ1) is 14.9. The summed E-state index contributed by atoms with van der Waals surface area (Å²) in [6, 6.07) is 8.77. The van der Waals surface area contributed by atoms with E-state index in [-0.39, 0.29) is 5.91 Å². The van der Waals surface area contributed by atoms with Crippen LogP contribution >= 0.6 is 0 Å². The van der Waals surface area contributed by atoms with Gasteiger partial charge < -0.3 is 15.4 Å². The lowest BCUT2D eigenvalue weighted by Crippen LogP contribution is -2.26. The first-order chi connectivity index (χ1) is 9.69. The second kappa shape index (κ2) is 7.29. The van der Waals surface area contributed by atoms with Crippen LogP contribution in [0.5, 0.6) is 5.75 Å². The highest BCUT2D eigenvalue weighted by atomic mass is 16.5. The van der Waals surface area contributed by atoms with E-state index in [1.807, 2.05) is 18.2 Å². The van der Waals surface area contributed by atoms with Gasteiger partial charge in [-0.1, -0.05) is 19.1 Å². The Morgan fingerprint density at radius 1 is 1.45 bits per heavy atom. The SMILES string of the molecule is CCNC(C)c1cccc(OCCC(=O)NC2CC2)c1. The summed E-state index contributed by atoms with van der Waals surface area (Å²) in [4.78, 5) is 11.5. The van der Waals surface area contributed by atoms with Crippen molar-refractivity contribution in [3.63, 3.8) is 0 Å². The monoisotopic (exact) mass is 276 g/mol. The fourth-order valence-electron chi connectivity index (χ4n) is 2.09. The molecule has 1 aromatic carbocycles. The first-order valence-electron chi connectivity index (χ1n) is 7.44. The van der Waals surface area contributed by atoms with Gasteiger partial charge in [0.25, 0.3) is 0 Å². The van der Waals surface area contributed by atoms with Crippen molar-refractivity contribution in [3.05, 3.63) is 29.8 Å². The Labute approximate surface area is 120 Å². The standard InChI is InChI=1S/C16H24N2O2/c1-3-17-12(2)13-5-4-6-15(11-13)20-10-9-16(19)18-14-7-8-14/h4-6,11-12,14,17H,3,7-10H2,1-2H3,(H,18,19). The molecule has 2 N–H and O–H groups in total. The van der Waals surface area contributed by atoms with Crippen LogP contribution in [0.4, 0.5) is 0 Å². The molecule has 0 heterocycles. The van der Waals surface area contributed by atoms with Gasteiger partial charge in [0.2, 0.25) is 5.91 Å². The van der Waals surface area contributed by atoms with E-state index < -0.39 is 0 Å². The van der Waals surface area contributed by atoms with Crippen molar-refractivity contribution >= 4 is 5.91 Å². The van der Waals surface area contributed by atoms with Crippen LogP contribution in [0.25, 0.3) is 0 Å². The Morgan fingerprint density at radius 2 is 2.25 bits per heavy atom. The van der Waals surface area contributed by atoms with Crippen molar-refractivity contribution in [2.45, 2.75) is 45.2 Å². The molecule has 0 saturated heterocycles. The first-order valence-corrected chi connectivity index (χ1v) is 7.44. The molecule has 0 aromatic heterocycles. The number of rotatable bonds is 8. The van der Waals surface area contributed by atoms with E-state index >= 15 is 0 Å². The summed E-state index contributed by atoms with van der Waals surface area (Å²) in [6.07, 6.45) is 2.66. The summed E-state index contributed by atoms with van der Waals surface area (Å²) in [5.74, 6) is 0.913. The van der Waals surface area contributed by atoms with Gasteiger partial charge in [0.1, 0.15) is 5.75 Å². The number of hydrogen-bond acceptors (Lipinski definition) is 3. The number of nitrogens with one attached hydrogen (secondary N) is 2. The number of benzene rings is 1. The Balaban J connectivity index is 1.76. The van der Waals surface area contributed by atoms with E-state index in [0.717, 1.165) is 25.1 Å². The molecule has 4 nitrogen and oxygen atoms in total. The molecule has 1 aromatic rings. The fraction of sp³-hybridized carbons (Fsp3) is 0.562. The van der Waals surface area contributed by atoms with E-state index in [1.54, 1.807) is 0 Å².